The van der Waals surface area contributed by atoms with E-state index in [2.05, 4.69) is 20.9 Å². The van der Waals surface area contributed by atoms with Crippen LogP contribution in [0.15, 0.2) is 18.3 Å². The number of nitriles is 1. The quantitative estimate of drug-likeness (QED) is 0.264. The summed E-state index contributed by atoms with van der Waals surface area (Å²) in [5, 5.41) is 25.9. The average Bonchev–Trinajstić information content (AvgIpc) is 3.22. The van der Waals surface area contributed by atoms with Gasteiger partial charge in [-0.3, -0.25) is 24.2 Å². The predicted octanol–water partition coefficient (Wildman–Crippen LogP) is 1.07. The molecule has 0 radical (unpaired) electrons. The standard InChI is InChI=1S/C25H32F2N6O6S/c1-14(2)40-12-19(24(38)39)32-21(35)5-4-20(34)30-11-17-8-16(6-7-29-17)22(36)31-15(3)23(37)33-13-25(26,27)9-18(33)10-28/h6-8,14-15,18-19H,4-5,9,11-13H2,1-3H3,(H,30,34)(H,31,36)(H,32,35)(H,38,39)/t15-,18+,19?/m1/s1. The maximum absolute atomic E-state index is 13.7. The fraction of sp³-hybridized carbons (Fsp3) is 0.560. The number of hydrogen-bond acceptors (Lipinski definition) is 8. The van der Waals surface area contributed by atoms with Crippen molar-refractivity contribution in [2.24, 2.45) is 0 Å². The molecule has 40 heavy (non-hydrogen) atoms. The molecule has 12 nitrogen and oxygen atoms in total. The predicted molar refractivity (Wildman–Crippen MR) is 140 cm³/mol. The van der Waals surface area contributed by atoms with E-state index in [0.29, 0.717) is 5.69 Å². The number of carbonyl (C=O) groups excluding carboxylic acids is 4. The number of likely N-dealkylation sites (tertiary alicyclic amines) is 1. The summed E-state index contributed by atoms with van der Waals surface area (Å²) in [5.41, 5.74) is 0.394. The van der Waals surface area contributed by atoms with Crippen molar-refractivity contribution in [3.8, 4) is 6.07 Å². The van der Waals surface area contributed by atoms with Gasteiger partial charge in [0, 0.05) is 36.8 Å². The number of aliphatic carboxylic acids is 1. The lowest BCUT2D eigenvalue weighted by Crippen LogP contribution is -2.48. The van der Waals surface area contributed by atoms with E-state index in [9.17, 15) is 37.9 Å². The Morgan fingerprint density at radius 1 is 1.20 bits per heavy atom. The number of carbonyl (C=O) groups is 5. The van der Waals surface area contributed by atoms with Crippen molar-refractivity contribution in [3.63, 3.8) is 0 Å². The Bertz CT molecular complexity index is 1160. The molecular weight excluding hydrogens is 550 g/mol. The van der Waals surface area contributed by atoms with Crippen LogP contribution < -0.4 is 16.0 Å². The Morgan fingerprint density at radius 2 is 1.88 bits per heavy atom. The van der Waals surface area contributed by atoms with Crippen LogP contribution in [0.2, 0.25) is 0 Å². The second kappa shape index (κ2) is 14.5. The van der Waals surface area contributed by atoms with Gasteiger partial charge in [-0.25, -0.2) is 13.6 Å². The van der Waals surface area contributed by atoms with E-state index in [1.165, 1.54) is 37.0 Å². The molecule has 4 amide bonds. The number of hydrogen-bond donors (Lipinski definition) is 4. The van der Waals surface area contributed by atoms with Crippen LogP contribution in [0, 0.1) is 11.3 Å². The van der Waals surface area contributed by atoms with Crippen LogP contribution in [0.3, 0.4) is 0 Å². The molecule has 0 aliphatic carbocycles. The Kier molecular flexibility index (Phi) is 11.8. The number of halogens is 2. The van der Waals surface area contributed by atoms with Crippen LogP contribution in [0.1, 0.15) is 56.1 Å². The minimum absolute atomic E-state index is 0.0778. The molecular formula is C25H32F2N6O6S. The maximum atomic E-state index is 13.7. The topological polar surface area (TPSA) is 182 Å². The third-order valence-corrected chi connectivity index (χ3v) is 6.97. The van der Waals surface area contributed by atoms with Gasteiger partial charge in [0.05, 0.1) is 24.9 Å². The van der Waals surface area contributed by atoms with E-state index in [0.717, 1.165) is 4.90 Å². The summed E-state index contributed by atoms with van der Waals surface area (Å²) >= 11 is 1.39. The molecule has 3 atom stereocenters. The zero-order chi connectivity index (χ0) is 30.0. The van der Waals surface area contributed by atoms with E-state index in [4.69, 9.17) is 5.26 Å². The average molecular weight is 583 g/mol. The first-order chi connectivity index (χ1) is 18.7. The lowest BCUT2D eigenvalue weighted by molar-refractivity contribution is -0.141. The first kappa shape index (κ1) is 32.4. The van der Waals surface area contributed by atoms with Gasteiger partial charge in [0.25, 0.3) is 11.8 Å². The van der Waals surface area contributed by atoms with Crippen LogP contribution in [0.25, 0.3) is 0 Å². The summed E-state index contributed by atoms with van der Waals surface area (Å²) in [4.78, 5) is 65.6. The van der Waals surface area contributed by atoms with Crippen LogP contribution in [-0.2, 0) is 25.7 Å². The number of carboxylic acid groups (broad SMARTS) is 1. The SMILES string of the molecule is CC(C)SCC(NC(=O)CCC(=O)NCc1cc(C(=O)N[C@H](C)C(=O)N2CC(F)(F)C[C@H]2C#N)ccn1)C(=O)O. The minimum Gasteiger partial charge on any atom is -0.480 e. The Labute approximate surface area is 234 Å². The molecule has 4 N–H and O–H groups in total. The van der Waals surface area contributed by atoms with Crippen LogP contribution in [0.4, 0.5) is 8.78 Å². The number of nitrogens with zero attached hydrogens (tertiary/aromatic N) is 3. The number of amides is 4. The monoisotopic (exact) mass is 582 g/mol. The van der Waals surface area contributed by atoms with Gasteiger partial charge in [0.15, 0.2) is 0 Å². The van der Waals surface area contributed by atoms with Crippen molar-refractivity contribution >= 4 is 41.4 Å². The van der Waals surface area contributed by atoms with Gasteiger partial charge in [0.2, 0.25) is 17.7 Å². The van der Waals surface area contributed by atoms with Crippen molar-refractivity contribution in [2.45, 2.75) is 75.9 Å². The molecule has 1 fully saturated rings. The zero-order valence-electron chi connectivity index (χ0n) is 22.3. The fourth-order valence-electron chi connectivity index (χ4n) is 3.70. The molecule has 0 spiro atoms. The summed E-state index contributed by atoms with van der Waals surface area (Å²) < 4.78 is 27.3. The van der Waals surface area contributed by atoms with Crippen molar-refractivity contribution in [1.29, 1.82) is 5.26 Å². The second-order valence-electron chi connectivity index (χ2n) is 9.52. The third kappa shape index (κ3) is 10.1. The Hall–Kier alpha value is -3.80. The highest BCUT2D eigenvalue weighted by Gasteiger charge is 2.48. The molecule has 2 rings (SSSR count). The summed E-state index contributed by atoms with van der Waals surface area (Å²) in [6.45, 7) is 4.15. The molecule has 218 valence electrons. The minimum atomic E-state index is -3.18. The smallest absolute Gasteiger partial charge is 0.327 e. The van der Waals surface area contributed by atoms with Crippen molar-refractivity contribution in [3.05, 3.63) is 29.6 Å². The maximum Gasteiger partial charge on any atom is 0.327 e. The highest BCUT2D eigenvalue weighted by Crippen LogP contribution is 2.32. The fourth-order valence-corrected chi connectivity index (χ4v) is 4.51. The van der Waals surface area contributed by atoms with E-state index in [1.807, 2.05) is 13.8 Å². The molecule has 0 aromatic carbocycles. The van der Waals surface area contributed by atoms with E-state index < -0.39 is 66.6 Å². The molecule has 0 saturated carbocycles. The number of pyridine rings is 1. The number of rotatable bonds is 13. The first-order valence-electron chi connectivity index (χ1n) is 12.5. The zero-order valence-corrected chi connectivity index (χ0v) is 23.1. The summed E-state index contributed by atoms with van der Waals surface area (Å²) in [7, 11) is 0. The number of nitrogens with one attached hydrogen (secondary N) is 3. The summed E-state index contributed by atoms with van der Waals surface area (Å²) in [6, 6.07) is 0.880. The molecule has 15 heteroatoms. The largest absolute Gasteiger partial charge is 0.480 e. The van der Waals surface area contributed by atoms with Gasteiger partial charge in [-0.1, -0.05) is 13.8 Å². The Morgan fingerprint density at radius 3 is 2.50 bits per heavy atom. The van der Waals surface area contributed by atoms with E-state index in [-0.39, 0.29) is 36.0 Å². The first-order valence-corrected chi connectivity index (χ1v) is 13.5. The van der Waals surface area contributed by atoms with Gasteiger partial charge in [-0.15, -0.1) is 0 Å². The summed E-state index contributed by atoms with van der Waals surface area (Å²) in [5.74, 6) is -6.71. The van der Waals surface area contributed by atoms with Crippen LogP contribution in [0.5, 0.6) is 0 Å². The van der Waals surface area contributed by atoms with Gasteiger partial charge < -0.3 is 26.0 Å². The normalized spacial score (nSPS) is 17.4. The Balaban J connectivity index is 1.84. The second-order valence-corrected chi connectivity index (χ2v) is 11.1. The van der Waals surface area contributed by atoms with Crippen molar-refractivity contribution in [1.82, 2.24) is 25.8 Å². The van der Waals surface area contributed by atoms with Crippen molar-refractivity contribution < 1.29 is 37.9 Å². The lowest BCUT2D eigenvalue weighted by Gasteiger charge is -2.23. The number of alkyl halides is 2. The number of aromatic nitrogens is 1. The van der Waals surface area contributed by atoms with Gasteiger partial charge in [-0.2, -0.15) is 17.0 Å². The van der Waals surface area contributed by atoms with Gasteiger partial charge in [0.1, 0.15) is 18.1 Å². The molecule has 1 aliphatic rings. The van der Waals surface area contributed by atoms with Gasteiger partial charge >= 0.3 is 5.97 Å². The molecule has 1 aromatic heterocycles. The lowest BCUT2D eigenvalue weighted by atomic mass is 10.1. The molecule has 1 aromatic rings. The molecule has 1 aliphatic heterocycles. The highest BCUT2D eigenvalue weighted by atomic mass is 32.2. The van der Waals surface area contributed by atoms with E-state index in [1.54, 1.807) is 6.07 Å². The van der Waals surface area contributed by atoms with Gasteiger partial charge in [-0.05, 0) is 24.3 Å². The number of carboxylic acids is 1. The molecule has 2 heterocycles. The third-order valence-electron chi connectivity index (χ3n) is 5.77. The molecule has 1 saturated heterocycles. The van der Waals surface area contributed by atoms with E-state index >= 15 is 0 Å². The molecule has 0 bridgehead atoms. The van der Waals surface area contributed by atoms with Crippen LogP contribution in [-0.4, -0.2) is 86.2 Å². The highest BCUT2D eigenvalue weighted by molar-refractivity contribution is 7.99. The van der Waals surface area contributed by atoms with Crippen molar-refractivity contribution in [2.75, 3.05) is 12.3 Å². The van der Waals surface area contributed by atoms with Crippen LogP contribution >= 0.6 is 11.8 Å². The molecule has 1 unspecified atom stereocenters. The summed E-state index contributed by atoms with van der Waals surface area (Å²) in [6.07, 6.45) is 0.124. The number of thioether (sulfide) groups is 1.